The minimum absolute atomic E-state index is 0.0285. The number of nitro groups is 1. The van der Waals surface area contributed by atoms with Crippen LogP contribution < -0.4 is 4.74 Å². The van der Waals surface area contributed by atoms with Crippen LogP contribution in [0.25, 0.3) is 38.5 Å². The van der Waals surface area contributed by atoms with Crippen molar-refractivity contribution in [3.05, 3.63) is 118 Å². The standard InChI is InChI=1S/C32H28N4O3/c1-21-31(22(2)35(34-21)28-16-5-6-17-29(28)36(37)38)27-15-8-14-26-24(20-33-32(26)27)12-9-19-39-30-18-7-11-23-10-3-4-13-25(23)30/h3-8,10-11,13-18,20,33H,9,12,19H2,1-2H3. The summed E-state index contributed by atoms with van der Waals surface area (Å²) in [5.74, 6) is 0.913. The van der Waals surface area contributed by atoms with E-state index >= 15 is 0 Å². The number of rotatable bonds is 8. The van der Waals surface area contributed by atoms with Crippen molar-refractivity contribution in [3.8, 4) is 22.6 Å². The molecule has 6 aromatic rings. The number of fused-ring (bicyclic) bond motifs is 2. The summed E-state index contributed by atoms with van der Waals surface area (Å²) in [6.45, 7) is 4.53. The largest absolute Gasteiger partial charge is 0.493 e. The van der Waals surface area contributed by atoms with Gasteiger partial charge in [-0.05, 0) is 49.8 Å². The molecule has 0 fully saturated rings. The first-order valence-electron chi connectivity index (χ1n) is 13.0. The van der Waals surface area contributed by atoms with Crippen molar-refractivity contribution >= 4 is 27.4 Å². The number of nitro benzene ring substituents is 1. The SMILES string of the molecule is Cc1nn(-c2ccccc2[N+](=O)[O-])c(C)c1-c1cccc2c(CCCOc3cccc4ccccc34)c[nH]c12. The molecular formula is C32H28N4O3. The Morgan fingerprint density at radius 3 is 2.54 bits per heavy atom. The van der Waals surface area contributed by atoms with Crippen molar-refractivity contribution in [1.82, 2.24) is 14.8 Å². The van der Waals surface area contributed by atoms with E-state index < -0.39 is 0 Å². The predicted octanol–water partition coefficient (Wildman–Crippen LogP) is 7.71. The number of ether oxygens (including phenoxy) is 1. The number of aromatic amines is 1. The number of nitrogens with zero attached hydrogens (tertiary/aromatic N) is 3. The third-order valence-corrected chi connectivity index (χ3v) is 7.27. The molecule has 0 unspecified atom stereocenters. The van der Waals surface area contributed by atoms with E-state index in [1.165, 1.54) is 17.0 Å². The molecule has 194 valence electrons. The van der Waals surface area contributed by atoms with Gasteiger partial charge in [-0.3, -0.25) is 10.1 Å². The van der Waals surface area contributed by atoms with E-state index in [4.69, 9.17) is 9.84 Å². The van der Waals surface area contributed by atoms with Crippen LogP contribution >= 0.6 is 0 Å². The summed E-state index contributed by atoms with van der Waals surface area (Å²) in [6.07, 6.45) is 3.83. The predicted molar refractivity (Wildman–Crippen MR) is 155 cm³/mol. The van der Waals surface area contributed by atoms with Crippen LogP contribution in [0.15, 0.2) is 91.1 Å². The van der Waals surface area contributed by atoms with E-state index in [0.29, 0.717) is 12.3 Å². The molecular weight excluding hydrogens is 488 g/mol. The smallest absolute Gasteiger partial charge is 0.294 e. The van der Waals surface area contributed by atoms with Gasteiger partial charge in [0, 0.05) is 39.9 Å². The molecule has 1 N–H and O–H groups in total. The van der Waals surface area contributed by atoms with Crippen molar-refractivity contribution in [3.63, 3.8) is 0 Å². The van der Waals surface area contributed by atoms with Crippen molar-refractivity contribution in [2.45, 2.75) is 26.7 Å². The summed E-state index contributed by atoms with van der Waals surface area (Å²) in [6, 6.07) is 27.4. The minimum atomic E-state index is -0.368. The van der Waals surface area contributed by atoms with Gasteiger partial charge in [-0.2, -0.15) is 5.10 Å². The molecule has 0 spiro atoms. The average Bonchev–Trinajstić information content (AvgIpc) is 3.50. The molecule has 0 atom stereocenters. The van der Waals surface area contributed by atoms with Gasteiger partial charge in [-0.25, -0.2) is 4.68 Å². The van der Waals surface area contributed by atoms with E-state index in [9.17, 15) is 10.1 Å². The Bertz CT molecular complexity index is 1830. The lowest BCUT2D eigenvalue weighted by Gasteiger charge is -2.09. The first-order valence-corrected chi connectivity index (χ1v) is 13.0. The quantitative estimate of drug-likeness (QED) is 0.128. The molecule has 39 heavy (non-hydrogen) atoms. The Hall–Kier alpha value is -4.91. The Balaban J connectivity index is 1.26. The molecule has 0 aliphatic heterocycles. The molecule has 0 saturated carbocycles. The van der Waals surface area contributed by atoms with E-state index in [0.717, 1.165) is 57.4 Å². The minimum Gasteiger partial charge on any atom is -0.493 e. The Kier molecular flexibility index (Phi) is 6.32. The number of para-hydroxylation sites is 3. The molecule has 7 heteroatoms. The van der Waals surface area contributed by atoms with Crippen LogP contribution in [-0.2, 0) is 6.42 Å². The van der Waals surface area contributed by atoms with Gasteiger partial charge < -0.3 is 9.72 Å². The van der Waals surface area contributed by atoms with E-state index in [2.05, 4.69) is 47.6 Å². The summed E-state index contributed by atoms with van der Waals surface area (Å²) in [4.78, 5) is 14.8. The molecule has 7 nitrogen and oxygen atoms in total. The molecule has 0 aliphatic carbocycles. The van der Waals surface area contributed by atoms with Crippen LogP contribution in [0.1, 0.15) is 23.4 Å². The molecule has 0 radical (unpaired) electrons. The van der Waals surface area contributed by atoms with E-state index in [-0.39, 0.29) is 10.6 Å². The van der Waals surface area contributed by atoms with Crippen LogP contribution in [0.4, 0.5) is 5.69 Å². The number of aryl methyl sites for hydroxylation is 2. The molecule has 2 aromatic heterocycles. The fourth-order valence-corrected chi connectivity index (χ4v) is 5.46. The summed E-state index contributed by atoms with van der Waals surface area (Å²) >= 11 is 0. The topological polar surface area (TPSA) is 86.0 Å². The Morgan fingerprint density at radius 2 is 1.67 bits per heavy atom. The zero-order valence-electron chi connectivity index (χ0n) is 21.8. The monoisotopic (exact) mass is 516 g/mol. The molecule has 2 heterocycles. The summed E-state index contributed by atoms with van der Waals surface area (Å²) in [5.41, 5.74) is 6.44. The lowest BCUT2D eigenvalue weighted by Crippen LogP contribution is -2.03. The van der Waals surface area contributed by atoms with Crippen molar-refractivity contribution in [2.75, 3.05) is 6.61 Å². The van der Waals surface area contributed by atoms with E-state index in [1.54, 1.807) is 22.9 Å². The van der Waals surface area contributed by atoms with Gasteiger partial charge in [0.1, 0.15) is 11.4 Å². The van der Waals surface area contributed by atoms with Gasteiger partial charge >= 0.3 is 0 Å². The normalized spacial score (nSPS) is 11.3. The lowest BCUT2D eigenvalue weighted by atomic mass is 9.99. The Labute approximate surface area is 225 Å². The zero-order valence-corrected chi connectivity index (χ0v) is 21.8. The van der Waals surface area contributed by atoms with Crippen LogP contribution in [0.2, 0.25) is 0 Å². The maximum Gasteiger partial charge on any atom is 0.294 e. The number of H-pyrrole nitrogens is 1. The number of hydrogen-bond donors (Lipinski definition) is 1. The first kappa shape index (κ1) is 24.4. The highest BCUT2D eigenvalue weighted by atomic mass is 16.6. The van der Waals surface area contributed by atoms with Gasteiger partial charge in [0.2, 0.25) is 0 Å². The number of benzene rings is 4. The maximum atomic E-state index is 11.6. The highest BCUT2D eigenvalue weighted by Crippen LogP contribution is 2.36. The number of hydrogen-bond acceptors (Lipinski definition) is 4. The highest BCUT2D eigenvalue weighted by molar-refractivity contribution is 5.97. The van der Waals surface area contributed by atoms with Gasteiger partial charge in [-0.15, -0.1) is 0 Å². The van der Waals surface area contributed by atoms with Crippen LogP contribution in [0, 0.1) is 24.0 Å². The van der Waals surface area contributed by atoms with Gasteiger partial charge in [-0.1, -0.05) is 66.7 Å². The second kappa shape index (κ2) is 10.1. The summed E-state index contributed by atoms with van der Waals surface area (Å²) in [5, 5.41) is 19.8. The number of aromatic nitrogens is 3. The van der Waals surface area contributed by atoms with Gasteiger partial charge in [0.25, 0.3) is 5.69 Å². The fraction of sp³-hybridized carbons (Fsp3) is 0.156. The fourth-order valence-electron chi connectivity index (χ4n) is 5.46. The molecule has 0 bridgehead atoms. The molecule has 0 saturated heterocycles. The molecule has 0 aliphatic rings. The summed E-state index contributed by atoms with van der Waals surface area (Å²) in [7, 11) is 0. The first-order chi connectivity index (χ1) is 19.0. The van der Waals surface area contributed by atoms with Crippen LogP contribution in [0.3, 0.4) is 0 Å². The summed E-state index contributed by atoms with van der Waals surface area (Å²) < 4.78 is 7.83. The molecule has 0 amide bonds. The third kappa shape index (κ3) is 4.42. The molecule has 6 rings (SSSR count). The van der Waals surface area contributed by atoms with Crippen molar-refractivity contribution in [1.29, 1.82) is 0 Å². The van der Waals surface area contributed by atoms with Crippen molar-refractivity contribution < 1.29 is 9.66 Å². The Morgan fingerprint density at radius 1 is 0.923 bits per heavy atom. The average molecular weight is 517 g/mol. The second-order valence-corrected chi connectivity index (χ2v) is 9.67. The zero-order chi connectivity index (χ0) is 26.9. The maximum absolute atomic E-state index is 11.6. The van der Waals surface area contributed by atoms with Gasteiger partial charge in [0.05, 0.1) is 22.7 Å². The lowest BCUT2D eigenvalue weighted by molar-refractivity contribution is -0.384. The number of nitrogens with one attached hydrogen (secondary N) is 1. The van der Waals surface area contributed by atoms with E-state index in [1.807, 2.05) is 38.1 Å². The van der Waals surface area contributed by atoms with Crippen LogP contribution in [0.5, 0.6) is 5.75 Å². The van der Waals surface area contributed by atoms with Crippen LogP contribution in [-0.4, -0.2) is 26.3 Å². The second-order valence-electron chi connectivity index (χ2n) is 9.67. The third-order valence-electron chi connectivity index (χ3n) is 7.27. The van der Waals surface area contributed by atoms with Crippen molar-refractivity contribution in [2.24, 2.45) is 0 Å². The highest BCUT2D eigenvalue weighted by Gasteiger charge is 2.22. The van der Waals surface area contributed by atoms with Gasteiger partial charge in [0.15, 0.2) is 0 Å². The molecule has 4 aromatic carbocycles.